The van der Waals surface area contributed by atoms with Crippen LogP contribution in [0.2, 0.25) is 0 Å². The summed E-state index contributed by atoms with van der Waals surface area (Å²) < 4.78 is 5.10. The van der Waals surface area contributed by atoms with Crippen LogP contribution in [0.4, 0.5) is 5.13 Å². The molecule has 8 heteroatoms. The van der Waals surface area contributed by atoms with E-state index in [0.717, 1.165) is 23.5 Å². The van der Waals surface area contributed by atoms with Crippen LogP contribution in [0.15, 0.2) is 0 Å². The van der Waals surface area contributed by atoms with E-state index < -0.39 is 0 Å². The van der Waals surface area contributed by atoms with E-state index >= 15 is 0 Å². The summed E-state index contributed by atoms with van der Waals surface area (Å²) >= 11 is 2.68. The first-order valence-corrected chi connectivity index (χ1v) is 10.7. The Hall–Kier alpha value is -1.80. The van der Waals surface area contributed by atoms with Crippen LogP contribution >= 0.6 is 22.7 Å². The van der Waals surface area contributed by atoms with Crippen molar-refractivity contribution in [2.45, 2.75) is 65.8 Å². The number of anilines is 1. The zero-order valence-corrected chi connectivity index (χ0v) is 18.2. The zero-order chi connectivity index (χ0) is 19.9. The van der Waals surface area contributed by atoms with Gasteiger partial charge in [-0.3, -0.25) is 9.69 Å². The van der Waals surface area contributed by atoms with Crippen LogP contribution in [0.1, 0.15) is 76.3 Å². The monoisotopic (exact) mass is 407 g/mol. The third-order valence-corrected chi connectivity index (χ3v) is 6.92. The van der Waals surface area contributed by atoms with Crippen LogP contribution in [-0.4, -0.2) is 34.5 Å². The number of carbonyl (C=O) groups is 2. The summed E-state index contributed by atoms with van der Waals surface area (Å²) in [5.41, 5.74) is 1.25. The van der Waals surface area contributed by atoms with Crippen LogP contribution in [-0.2, 0) is 10.2 Å². The quantitative estimate of drug-likeness (QED) is 0.682. The third-order valence-electron chi connectivity index (χ3n) is 4.22. The van der Waals surface area contributed by atoms with Crippen LogP contribution in [0.5, 0.6) is 0 Å². The molecule has 0 radical (unpaired) electrons. The average molecular weight is 408 g/mol. The molecule has 3 rings (SSSR count). The Labute approximate surface area is 167 Å². The van der Waals surface area contributed by atoms with Gasteiger partial charge in [0.05, 0.1) is 23.0 Å². The fraction of sp³-hybridized carbons (Fsp3) is 0.579. The van der Waals surface area contributed by atoms with Gasteiger partial charge in [0.25, 0.3) is 5.91 Å². The highest BCUT2D eigenvalue weighted by Crippen LogP contribution is 2.38. The Bertz CT molecular complexity index is 875. The van der Waals surface area contributed by atoms with Gasteiger partial charge in [-0.25, -0.2) is 14.8 Å². The number of aryl methyl sites for hydroxylation is 2. The second-order valence-corrected chi connectivity index (χ2v) is 9.70. The highest BCUT2D eigenvalue weighted by atomic mass is 32.1. The van der Waals surface area contributed by atoms with Crippen molar-refractivity contribution in [3.05, 3.63) is 26.1 Å². The molecule has 0 bridgehead atoms. The Morgan fingerprint density at radius 1 is 1.11 bits per heavy atom. The summed E-state index contributed by atoms with van der Waals surface area (Å²) in [6.07, 6.45) is 1.90. The van der Waals surface area contributed by atoms with Crippen molar-refractivity contribution >= 4 is 39.7 Å². The Kier molecular flexibility index (Phi) is 5.40. The predicted octanol–water partition coefficient (Wildman–Crippen LogP) is 4.50. The molecule has 146 valence electrons. The Morgan fingerprint density at radius 2 is 1.74 bits per heavy atom. The Morgan fingerprint density at radius 3 is 2.26 bits per heavy atom. The highest BCUT2D eigenvalue weighted by Gasteiger charge is 2.38. The SMILES string of the molecule is CCOC(=O)c1sc(N(C(=O)c2sc(C(C)(C)C)nc2C)C2CC2)nc1C. The van der Waals surface area contributed by atoms with Crippen molar-refractivity contribution in [2.75, 3.05) is 11.5 Å². The van der Waals surface area contributed by atoms with Crippen molar-refractivity contribution in [1.82, 2.24) is 9.97 Å². The molecule has 2 aromatic heterocycles. The van der Waals surface area contributed by atoms with E-state index in [0.29, 0.717) is 27.2 Å². The first-order chi connectivity index (χ1) is 12.6. The first kappa shape index (κ1) is 19.9. The average Bonchev–Trinajstić information content (AvgIpc) is 3.19. The van der Waals surface area contributed by atoms with E-state index in [1.165, 1.54) is 22.7 Å². The lowest BCUT2D eigenvalue weighted by Crippen LogP contribution is -2.32. The minimum absolute atomic E-state index is 0.0767. The number of thiazole rings is 2. The van der Waals surface area contributed by atoms with E-state index in [2.05, 4.69) is 30.7 Å². The molecule has 6 nitrogen and oxygen atoms in total. The molecule has 1 saturated carbocycles. The fourth-order valence-corrected chi connectivity index (χ4v) is 4.73. The minimum atomic E-state index is -0.383. The summed E-state index contributed by atoms with van der Waals surface area (Å²) in [4.78, 5) is 37.5. The standard InChI is InChI=1S/C19H25N3O3S2/c1-7-25-16(24)14-11(3)21-18(27-14)22(12-8-9-12)15(23)13-10(2)20-17(26-13)19(4,5)6/h12H,7-9H2,1-6H3. The molecule has 1 amide bonds. The third kappa shape index (κ3) is 4.06. The Balaban J connectivity index is 1.96. The second kappa shape index (κ2) is 7.31. The summed E-state index contributed by atoms with van der Waals surface area (Å²) in [5, 5.41) is 1.51. The number of amides is 1. The van der Waals surface area contributed by atoms with Crippen molar-refractivity contribution in [2.24, 2.45) is 0 Å². The molecule has 27 heavy (non-hydrogen) atoms. The van der Waals surface area contributed by atoms with Gasteiger partial charge in [0.2, 0.25) is 0 Å². The molecule has 0 saturated heterocycles. The smallest absolute Gasteiger partial charge is 0.350 e. The summed E-state index contributed by atoms with van der Waals surface area (Å²) in [6, 6.07) is 0.137. The maximum Gasteiger partial charge on any atom is 0.350 e. The van der Waals surface area contributed by atoms with Crippen molar-refractivity contribution in [1.29, 1.82) is 0 Å². The number of ether oxygens (including phenoxy) is 1. The lowest BCUT2D eigenvalue weighted by Gasteiger charge is -2.18. The van der Waals surface area contributed by atoms with Gasteiger partial charge in [0.1, 0.15) is 9.75 Å². The van der Waals surface area contributed by atoms with E-state index in [4.69, 9.17) is 4.74 Å². The number of aromatic nitrogens is 2. The van der Waals surface area contributed by atoms with E-state index in [-0.39, 0.29) is 23.3 Å². The van der Waals surface area contributed by atoms with Gasteiger partial charge < -0.3 is 4.74 Å². The summed E-state index contributed by atoms with van der Waals surface area (Å²) in [7, 11) is 0. The molecule has 1 aliphatic rings. The largest absolute Gasteiger partial charge is 0.462 e. The van der Waals surface area contributed by atoms with Gasteiger partial charge in [0.15, 0.2) is 5.13 Å². The molecule has 0 N–H and O–H groups in total. The van der Waals surface area contributed by atoms with Gasteiger partial charge in [-0.2, -0.15) is 0 Å². The van der Waals surface area contributed by atoms with Gasteiger partial charge in [-0.05, 0) is 33.6 Å². The number of nitrogens with zero attached hydrogens (tertiary/aromatic N) is 3. The lowest BCUT2D eigenvalue weighted by molar-refractivity contribution is 0.0531. The number of hydrogen-bond donors (Lipinski definition) is 0. The first-order valence-electron chi connectivity index (χ1n) is 9.09. The molecule has 0 atom stereocenters. The number of esters is 1. The van der Waals surface area contributed by atoms with Crippen LogP contribution in [0.3, 0.4) is 0 Å². The number of hydrogen-bond acceptors (Lipinski definition) is 7. The summed E-state index contributed by atoms with van der Waals surface area (Å²) in [5.74, 6) is -0.460. The highest BCUT2D eigenvalue weighted by molar-refractivity contribution is 7.18. The molecule has 2 aromatic rings. The lowest BCUT2D eigenvalue weighted by atomic mass is 9.98. The molecular formula is C19H25N3O3S2. The van der Waals surface area contributed by atoms with Gasteiger partial charge >= 0.3 is 5.97 Å². The molecule has 0 aromatic carbocycles. The summed E-state index contributed by atoms with van der Waals surface area (Å²) in [6.45, 7) is 12.0. The maximum absolute atomic E-state index is 13.4. The van der Waals surface area contributed by atoms with Gasteiger partial charge in [0, 0.05) is 11.5 Å². The predicted molar refractivity (Wildman–Crippen MR) is 108 cm³/mol. The normalized spacial score (nSPS) is 14.3. The van der Waals surface area contributed by atoms with Gasteiger partial charge in [-0.15, -0.1) is 11.3 Å². The van der Waals surface area contributed by atoms with Crippen molar-refractivity contribution < 1.29 is 14.3 Å². The molecule has 0 aliphatic heterocycles. The molecule has 2 heterocycles. The topological polar surface area (TPSA) is 72.4 Å². The van der Waals surface area contributed by atoms with E-state index in [9.17, 15) is 9.59 Å². The van der Waals surface area contributed by atoms with Crippen molar-refractivity contribution in [3.8, 4) is 0 Å². The minimum Gasteiger partial charge on any atom is -0.462 e. The van der Waals surface area contributed by atoms with Crippen LogP contribution in [0.25, 0.3) is 0 Å². The van der Waals surface area contributed by atoms with Crippen LogP contribution in [0, 0.1) is 13.8 Å². The maximum atomic E-state index is 13.4. The molecule has 0 spiro atoms. The molecule has 1 aliphatic carbocycles. The van der Waals surface area contributed by atoms with Gasteiger partial charge in [-0.1, -0.05) is 32.1 Å². The zero-order valence-electron chi connectivity index (χ0n) is 16.6. The second-order valence-electron chi connectivity index (χ2n) is 7.72. The van der Waals surface area contributed by atoms with Crippen molar-refractivity contribution in [3.63, 3.8) is 0 Å². The molecule has 1 fully saturated rings. The molecule has 0 unspecified atom stereocenters. The van der Waals surface area contributed by atoms with Crippen LogP contribution < -0.4 is 4.90 Å². The van der Waals surface area contributed by atoms with E-state index in [1.807, 2.05) is 6.92 Å². The number of carbonyl (C=O) groups excluding carboxylic acids is 2. The van der Waals surface area contributed by atoms with E-state index in [1.54, 1.807) is 18.7 Å². The number of rotatable bonds is 5. The molecular weight excluding hydrogens is 382 g/mol. The fourth-order valence-electron chi connectivity index (χ4n) is 2.64.